The van der Waals surface area contributed by atoms with Gasteiger partial charge >= 0.3 is 0 Å². The number of phenols is 1. The smallest absolute Gasteiger partial charge is 0.240 e. The number of rotatable bonds is 5. The summed E-state index contributed by atoms with van der Waals surface area (Å²) >= 11 is 6.12. The number of nitrogens with zero attached hydrogens (tertiary/aromatic N) is 1. The van der Waals surface area contributed by atoms with Gasteiger partial charge in [-0.2, -0.15) is 5.10 Å². The van der Waals surface area contributed by atoms with Crippen LogP contribution in [-0.2, 0) is 4.79 Å². The van der Waals surface area contributed by atoms with Gasteiger partial charge in [0.2, 0.25) is 5.91 Å². The molecule has 2 rings (SSSR count). The molecular formula is C15H17ClN2O4. The van der Waals surface area contributed by atoms with E-state index >= 15 is 0 Å². The van der Waals surface area contributed by atoms with Gasteiger partial charge in [-0.1, -0.05) is 24.6 Å². The summed E-state index contributed by atoms with van der Waals surface area (Å²) in [6, 6.07) is 3.29. The number of ether oxygens (including phenoxy) is 1. The molecule has 0 saturated carbocycles. The Bertz CT molecular complexity index is 628. The van der Waals surface area contributed by atoms with E-state index in [1.807, 2.05) is 6.92 Å². The first-order valence-electron chi connectivity index (χ1n) is 6.81. The number of aromatic hydroxyl groups is 1. The van der Waals surface area contributed by atoms with Crippen LogP contribution in [0.25, 0.3) is 0 Å². The number of hydrogen-bond acceptors (Lipinski definition) is 5. The van der Waals surface area contributed by atoms with Gasteiger partial charge in [-0.3, -0.25) is 4.79 Å². The van der Waals surface area contributed by atoms with Crippen molar-refractivity contribution in [3.8, 4) is 11.5 Å². The van der Waals surface area contributed by atoms with Crippen LogP contribution in [0, 0.1) is 5.92 Å². The fourth-order valence-corrected chi connectivity index (χ4v) is 2.34. The van der Waals surface area contributed by atoms with Crippen molar-refractivity contribution in [2.24, 2.45) is 11.0 Å². The summed E-state index contributed by atoms with van der Waals surface area (Å²) in [6.07, 6.45) is 3.49. The van der Waals surface area contributed by atoms with Gasteiger partial charge in [0.25, 0.3) is 0 Å². The Morgan fingerprint density at radius 2 is 2.27 bits per heavy atom. The first-order chi connectivity index (χ1) is 10.5. The van der Waals surface area contributed by atoms with Crippen LogP contribution in [0.2, 0.25) is 5.02 Å². The standard InChI is InChI=1S/C15H17ClN2O4/c1-9-8-12(20)17-18-14(9)10-4-5-11(13(16)15(10)21)22-7-3-2-6-19/h2-5,9,19,21H,6-8H2,1H3,(H,17,20)/b3-2-/t9-/m1/s1. The second kappa shape index (κ2) is 7.29. The minimum absolute atomic E-state index is 0.0648. The summed E-state index contributed by atoms with van der Waals surface area (Å²) in [4.78, 5) is 11.3. The van der Waals surface area contributed by atoms with E-state index in [1.54, 1.807) is 24.3 Å². The summed E-state index contributed by atoms with van der Waals surface area (Å²) in [6.45, 7) is 2.02. The Morgan fingerprint density at radius 1 is 1.50 bits per heavy atom. The van der Waals surface area contributed by atoms with Crippen LogP contribution < -0.4 is 10.2 Å². The van der Waals surface area contributed by atoms with Crippen molar-refractivity contribution in [3.63, 3.8) is 0 Å². The molecule has 1 heterocycles. The molecule has 3 N–H and O–H groups in total. The maximum absolute atomic E-state index is 11.3. The van der Waals surface area contributed by atoms with Crippen LogP contribution in [0.3, 0.4) is 0 Å². The van der Waals surface area contributed by atoms with Crippen molar-refractivity contribution in [2.75, 3.05) is 13.2 Å². The van der Waals surface area contributed by atoms with Gasteiger partial charge in [-0.15, -0.1) is 0 Å². The number of hydrazone groups is 1. The molecule has 22 heavy (non-hydrogen) atoms. The highest BCUT2D eigenvalue weighted by molar-refractivity contribution is 6.34. The highest BCUT2D eigenvalue weighted by Crippen LogP contribution is 2.37. The molecular weight excluding hydrogens is 308 g/mol. The van der Waals surface area contributed by atoms with Crippen LogP contribution in [0.15, 0.2) is 29.4 Å². The molecule has 0 radical (unpaired) electrons. The summed E-state index contributed by atoms with van der Waals surface area (Å²) in [7, 11) is 0. The van der Waals surface area contributed by atoms with Crippen LogP contribution in [0.5, 0.6) is 11.5 Å². The molecule has 7 heteroatoms. The Labute approximate surface area is 133 Å². The largest absolute Gasteiger partial charge is 0.506 e. The lowest BCUT2D eigenvalue weighted by Gasteiger charge is -2.20. The molecule has 1 atom stereocenters. The van der Waals surface area contributed by atoms with Gasteiger partial charge in [0.15, 0.2) is 0 Å². The second-order valence-corrected chi connectivity index (χ2v) is 5.25. The predicted molar refractivity (Wildman–Crippen MR) is 83.3 cm³/mol. The third-order valence-corrected chi connectivity index (χ3v) is 3.59. The van der Waals surface area contributed by atoms with Crippen LogP contribution in [0.4, 0.5) is 0 Å². The molecule has 118 valence electrons. The normalized spacial score (nSPS) is 18.2. The third kappa shape index (κ3) is 3.58. The minimum Gasteiger partial charge on any atom is -0.506 e. The zero-order chi connectivity index (χ0) is 16.1. The molecule has 0 aliphatic carbocycles. The molecule has 1 aromatic rings. The van der Waals surface area contributed by atoms with Crippen molar-refractivity contribution in [1.82, 2.24) is 5.43 Å². The summed E-state index contributed by atoms with van der Waals surface area (Å²) in [5, 5.41) is 23.0. The molecule has 1 aliphatic rings. The highest BCUT2D eigenvalue weighted by atomic mass is 35.5. The van der Waals surface area contributed by atoms with E-state index in [0.29, 0.717) is 23.4 Å². The van der Waals surface area contributed by atoms with Gasteiger partial charge in [-0.25, -0.2) is 5.43 Å². The van der Waals surface area contributed by atoms with Crippen molar-refractivity contribution < 1.29 is 19.7 Å². The number of halogens is 1. The number of hydrogen-bond donors (Lipinski definition) is 3. The van der Waals surface area contributed by atoms with E-state index < -0.39 is 0 Å². The van der Waals surface area contributed by atoms with Crippen molar-refractivity contribution in [2.45, 2.75) is 13.3 Å². The Balaban J connectivity index is 2.23. The molecule has 0 spiro atoms. The molecule has 0 aromatic heterocycles. The molecule has 1 aromatic carbocycles. The minimum atomic E-state index is -0.155. The van der Waals surface area contributed by atoms with Crippen LogP contribution >= 0.6 is 11.6 Å². The van der Waals surface area contributed by atoms with Gasteiger partial charge in [-0.05, 0) is 18.2 Å². The lowest BCUT2D eigenvalue weighted by Crippen LogP contribution is -2.32. The van der Waals surface area contributed by atoms with Crippen molar-refractivity contribution in [3.05, 3.63) is 34.9 Å². The number of nitrogens with one attached hydrogen (secondary N) is 1. The molecule has 0 fully saturated rings. The summed E-state index contributed by atoms with van der Waals surface area (Å²) in [5.74, 6) is -0.0712. The van der Waals surface area contributed by atoms with E-state index in [2.05, 4.69) is 10.5 Å². The zero-order valence-electron chi connectivity index (χ0n) is 12.0. The summed E-state index contributed by atoms with van der Waals surface area (Å²) < 4.78 is 5.41. The van der Waals surface area contributed by atoms with E-state index in [0.717, 1.165) is 0 Å². The average Bonchev–Trinajstić information content (AvgIpc) is 2.49. The summed E-state index contributed by atoms with van der Waals surface area (Å²) in [5.41, 5.74) is 3.44. The fraction of sp³-hybridized carbons (Fsp3) is 0.333. The van der Waals surface area contributed by atoms with Gasteiger partial charge in [0, 0.05) is 17.9 Å². The van der Waals surface area contributed by atoms with Gasteiger partial charge < -0.3 is 14.9 Å². The maximum atomic E-state index is 11.3. The van der Waals surface area contributed by atoms with E-state index in [9.17, 15) is 9.90 Å². The predicted octanol–water partition coefficient (Wildman–Crippen LogP) is 1.83. The van der Waals surface area contributed by atoms with Crippen LogP contribution in [0.1, 0.15) is 18.9 Å². The second-order valence-electron chi connectivity index (χ2n) is 4.88. The lowest BCUT2D eigenvalue weighted by atomic mass is 9.93. The Morgan fingerprint density at radius 3 is 2.95 bits per heavy atom. The number of carbonyl (C=O) groups excluding carboxylic acids is 1. The van der Waals surface area contributed by atoms with Gasteiger partial charge in [0.05, 0.1) is 12.3 Å². The molecule has 0 bridgehead atoms. The monoisotopic (exact) mass is 324 g/mol. The number of phenolic OH excluding ortho intramolecular Hbond substituents is 1. The first-order valence-corrected chi connectivity index (χ1v) is 7.19. The topological polar surface area (TPSA) is 91.2 Å². The number of amides is 1. The maximum Gasteiger partial charge on any atom is 0.240 e. The first kappa shape index (κ1) is 16.3. The zero-order valence-corrected chi connectivity index (χ0v) is 12.8. The van der Waals surface area contributed by atoms with Gasteiger partial charge in [0.1, 0.15) is 23.1 Å². The van der Waals surface area contributed by atoms with Crippen molar-refractivity contribution in [1.29, 1.82) is 0 Å². The molecule has 0 saturated heterocycles. The number of aliphatic hydroxyl groups is 1. The van der Waals surface area contributed by atoms with E-state index in [-0.39, 0.29) is 35.8 Å². The third-order valence-electron chi connectivity index (χ3n) is 3.22. The average molecular weight is 325 g/mol. The van der Waals surface area contributed by atoms with Crippen molar-refractivity contribution >= 4 is 23.2 Å². The SMILES string of the molecule is C[C@@H]1CC(=O)NN=C1c1ccc(OC/C=C\CO)c(Cl)c1O. The molecule has 1 aliphatic heterocycles. The quantitative estimate of drug-likeness (QED) is 0.721. The van der Waals surface area contributed by atoms with Crippen LogP contribution in [-0.4, -0.2) is 35.0 Å². The number of carbonyl (C=O) groups is 1. The molecule has 0 unspecified atom stereocenters. The highest BCUT2D eigenvalue weighted by Gasteiger charge is 2.25. The molecule has 1 amide bonds. The number of aliphatic hydroxyl groups excluding tert-OH is 1. The van der Waals surface area contributed by atoms with E-state index in [1.165, 1.54) is 0 Å². The lowest BCUT2D eigenvalue weighted by molar-refractivity contribution is -0.121. The number of benzene rings is 1. The Kier molecular flexibility index (Phi) is 5.41. The fourth-order valence-electron chi connectivity index (χ4n) is 2.12. The molecule has 6 nitrogen and oxygen atoms in total. The van der Waals surface area contributed by atoms with E-state index in [4.69, 9.17) is 21.4 Å². The Hall–Kier alpha value is -2.05.